The summed E-state index contributed by atoms with van der Waals surface area (Å²) < 4.78 is 11.0. The van der Waals surface area contributed by atoms with E-state index in [9.17, 15) is 9.59 Å². The summed E-state index contributed by atoms with van der Waals surface area (Å²) in [6.07, 6.45) is 32.2. The number of unbranched alkanes of at least 4 members (excludes halogenated alkanes) is 12. The van der Waals surface area contributed by atoms with Crippen molar-refractivity contribution in [3.63, 3.8) is 0 Å². The predicted molar refractivity (Wildman–Crippen MR) is 167 cm³/mol. The van der Waals surface area contributed by atoms with Gasteiger partial charge in [0.25, 0.3) is 0 Å². The summed E-state index contributed by atoms with van der Waals surface area (Å²) in [5.74, 6) is 2.20. The van der Waals surface area contributed by atoms with Gasteiger partial charge in [-0.15, -0.1) is 0 Å². The first-order valence-electron chi connectivity index (χ1n) is 17.9. The van der Waals surface area contributed by atoms with Crippen molar-refractivity contribution in [1.82, 2.24) is 0 Å². The summed E-state index contributed by atoms with van der Waals surface area (Å²) in [6, 6.07) is 0. The van der Waals surface area contributed by atoms with Crippen LogP contribution in [0.2, 0.25) is 0 Å². The Morgan fingerprint density at radius 1 is 0.500 bits per heavy atom. The molecule has 2 saturated carbocycles. The average molecular weight is 563 g/mol. The molecule has 0 radical (unpaired) electrons. The van der Waals surface area contributed by atoms with Gasteiger partial charge in [0.05, 0.1) is 25.0 Å². The van der Waals surface area contributed by atoms with Crippen molar-refractivity contribution in [2.75, 3.05) is 13.2 Å². The lowest BCUT2D eigenvalue weighted by atomic mass is 9.85. The Morgan fingerprint density at radius 3 is 1.18 bits per heavy atom. The molecule has 0 unspecified atom stereocenters. The summed E-state index contributed by atoms with van der Waals surface area (Å²) >= 11 is 0. The molecule has 0 aromatic heterocycles. The summed E-state index contributed by atoms with van der Waals surface area (Å²) in [5.41, 5.74) is 0. The fourth-order valence-corrected chi connectivity index (χ4v) is 6.85. The van der Waals surface area contributed by atoms with Gasteiger partial charge in [0, 0.05) is 0 Å². The highest BCUT2D eigenvalue weighted by Crippen LogP contribution is 2.27. The molecule has 0 aliphatic heterocycles. The van der Waals surface area contributed by atoms with Crippen molar-refractivity contribution in [3.8, 4) is 0 Å². The topological polar surface area (TPSA) is 52.6 Å². The molecule has 0 heterocycles. The van der Waals surface area contributed by atoms with Gasteiger partial charge in [0.2, 0.25) is 0 Å². The minimum atomic E-state index is 0.0695. The third kappa shape index (κ3) is 17.0. The maximum Gasteiger partial charge on any atom is 0.308 e. The van der Waals surface area contributed by atoms with Gasteiger partial charge in [0.1, 0.15) is 0 Å². The first-order valence-corrected chi connectivity index (χ1v) is 17.9. The summed E-state index contributed by atoms with van der Waals surface area (Å²) in [4.78, 5) is 24.2. The number of hydrogen-bond acceptors (Lipinski definition) is 4. The highest BCUT2D eigenvalue weighted by atomic mass is 16.5. The Kier molecular flexibility index (Phi) is 20.6. The van der Waals surface area contributed by atoms with Crippen molar-refractivity contribution < 1.29 is 19.1 Å². The van der Waals surface area contributed by atoms with Gasteiger partial charge in [-0.3, -0.25) is 9.59 Å². The largest absolute Gasteiger partial charge is 0.465 e. The molecule has 40 heavy (non-hydrogen) atoms. The van der Waals surface area contributed by atoms with E-state index in [1.165, 1.54) is 128 Å². The second-order valence-corrected chi connectivity index (χ2v) is 13.5. The van der Waals surface area contributed by atoms with Gasteiger partial charge in [-0.2, -0.15) is 0 Å². The van der Waals surface area contributed by atoms with E-state index in [1.807, 2.05) is 0 Å². The second-order valence-electron chi connectivity index (χ2n) is 13.5. The van der Waals surface area contributed by atoms with Crippen molar-refractivity contribution >= 4 is 11.9 Å². The van der Waals surface area contributed by atoms with Crippen LogP contribution in [0.25, 0.3) is 0 Å². The molecule has 0 aromatic carbocycles. The molecule has 0 spiro atoms. The maximum absolute atomic E-state index is 12.1. The van der Waals surface area contributed by atoms with Crippen molar-refractivity contribution in [2.24, 2.45) is 23.7 Å². The van der Waals surface area contributed by atoms with Crippen LogP contribution in [-0.2, 0) is 19.1 Å². The molecule has 0 aromatic rings. The minimum Gasteiger partial charge on any atom is -0.465 e. The standard InChI is InChI=1S/C36H66O4/c1-31(2)32(23-15-9-5-3-7-11-21-29-39-35(37)33-25-17-13-18-26-33)24-16-10-6-4-8-12-22-30-40-36(38)34-27-19-14-20-28-34/h31-34H,3-30H2,1-2H3. The molecular weight excluding hydrogens is 496 g/mol. The molecule has 0 saturated heterocycles. The van der Waals surface area contributed by atoms with E-state index in [1.54, 1.807) is 0 Å². The normalized spacial score (nSPS) is 17.0. The lowest BCUT2D eigenvalue weighted by molar-refractivity contribution is -0.150. The zero-order valence-corrected chi connectivity index (χ0v) is 26.7. The summed E-state index contributed by atoms with van der Waals surface area (Å²) in [5, 5.41) is 0. The lowest BCUT2D eigenvalue weighted by Crippen LogP contribution is -2.20. The summed E-state index contributed by atoms with van der Waals surface area (Å²) in [6.45, 7) is 6.07. The van der Waals surface area contributed by atoms with E-state index in [2.05, 4.69) is 13.8 Å². The maximum atomic E-state index is 12.1. The summed E-state index contributed by atoms with van der Waals surface area (Å²) in [7, 11) is 0. The number of hydrogen-bond donors (Lipinski definition) is 0. The Hall–Kier alpha value is -1.06. The quantitative estimate of drug-likeness (QED) is 0.0918. The van der Waals surface area contributed by atoms with Gasteiger partial charge in [-0.1, -0.05) is 142 Å². The van der Waals surface area contributed by atoms with E-state index in [0.29, 0.717) is 13.2 Å². The molecule has 2 aliphatic rings. The number of carbonyl (C=O) groups is 2. The number of esters is 2. The SMILES string of the molecule is CC(C)C(CCCCCCCCCOC(=O)C1CCCCC1)CCCCCCCCCOC(=O)C1CCCCC1. The molecular formula is C36H66O4. The molecule has 0 atom stereocenters. The van der Waals surface area contributed by atoms with E-state index < -0.39 is 0 Å². The Labute approximate surface area is 248 Å². The molecule has 4 nitrogen and oxygen atoms in total. The molecule has 2 aliphatic carbocycles. The fourth-order valence-electron chi connectivity index (χ4n) is 6.85. The van der Waals surface area contributed by atoms with Gasteiger partial charge >= 0.3 is 11.9 Å². The van der Waals surface area contributed by atoms with Gasteiger partial charge in [-0.25, -0.2) is 0 Å². The Morgan fingerprint density at radius 2 is 0.825 bits per heavy atom. The number of rotatable bonds is 23. The lowest BCUT2D eigenvalue weighted by Gasteiger charge is -2.21. The van der Waals surface area contributed by atoms with Crippen molar-refractivity contribution in [2.45, 2.75) is 181 Å². The monoisotopic (exact) mass is 562 g/mol. The Bertz CT molecular complexity index is 568. The average Bonchev–Trinajstić information content (AvgIpc) is 2.98. The van der Waals surface area contributed by atoms with Crippen LogP contribution in [0, 0.1) is 23.7 Å². The van der Waals surface area contributed by atoms with E-state index in [-0.39, 0.29) is 23.8 Å². The van der Waals surface area contributed by atoms with Crippen LogP contribution < -0.4 is 0 Å². The number of carbonyl (C=O) groups excluding carboxylic acids is 2. The Balaban J connectivity index is 1.33. The fraction of sp³-hybridized carbons (Fsp3) is 0.944. The van der Waals surface area contributed by atoms with Crippen LogP contribution in [0.1, 0.15) is 181 Å². The molecule has 0 N–H and O–H groups in total. The first kappa shape index (κ1) is 35.1. The van der Waals surface area contributed by atoms with Crippen LogP contribution in [0.3, 0.4) is 0 Å². The zero-order chi connectivity index (χ0) is 28.7. The molecule has 0 bridgehead atoms. The van der Waals surface area contributed by atoms with Crippen LogP contribution in [-0.4, -0.2) is 25.2 Å². The molecule has 0 amide bonds. The molecule has 2 rings (SSSR count). The predicted octanol–water partition coefficient (Wildman–Crippen LogP) is 10.7. The van der Waals surface area contributed by atoms with Crippen molar-refractivity contribution in [3.05, 3.63) is 0 Å². The van der Waals surface area contributed by atoms with E-state index in [4.69, 9.17) is 9.47 Å². The first-order chi connectivity index (χ1) is 19.6. The van der Waals surface area contributed by atoms with Crippen LogP contribution in [0.4, 0.5) is 0 Å². The van der Waals surface area contributed by atoms with Crippen LogP contribution >= 0.6 is 0 Å². The van der Waals surface area contributed by atoms with Crippen LogP contribution in [0.5, 0.6) is 0 Å². The van der Waals surface area contributed by atoms with Gasteiger partial charge in [-0.05, 0) is 50.4 Å². The van der Waals surface area contributed by atoms with Gasteiger partial charge in [0.15, 0.2) is 0 Å². The highest BCUT2D eigenvalue weighted by Gasteiger charge is 2.23. The minimum absolute atomic E-state index is 0.0695. The third-order valence-electron chi connectivity index (χ3n) is 9.75. The third-order valence-corrected chi connectivity index (χ3v) is 9.75. The van der Waals surface area contributed by atoms with E-state index in [0.717, 1.165) is 50.4 Å². The van der Waals surface area contributed by atoms with Crippen molar-refractivity contribution in [1.29, 1.82) is 0 Å². The number of ether oxygens (including phenoxy) is 2. The van der Waals surface area contributed by atoms with E-state index >= 15 is 0 Å². The zero-order valence-electron chi connectivity index (χ0n) is 26.7. The molecule has 4 heteroatoms. The smallest absolute Gasteiger partial charge is 0.308 e. The highest BCUT2D eigenvalue weighted by molar-refractivity contribution is 5.72. The molecule has 2 fully saturated rings. The molecule has 234 valence electrons. The van der Waals surface area contributed by atoms with Crippen LogP contribution in [0.15, 0.2) is 0 Å². The van der Waals surface area contributed by atoms with Gasteiger partial charge < -0.3 is 9.47 Å². The second kappa shape index (κ2) is 23.5.